The number of carbonyl (C=O) groups is 3. The van der Waals surface area contributed by atoms with Gasteiger partial charge in [0.05, 0.1) is 33.4 Å². The Kier molecular flexibility index (Phi) is 8.05. The number of nitrogens with zero attached hydrogens (tertiary/aromatic N) is 3. The molecule has 0 aliphatic carbocycles. The van der Waals surface area contributed by atoms with Gasteiger partial charge in [-0.25, -0.2) is 9.79 Å². The molecule has 0 spiro atoms. The second-order valence-corrected chi connectivity index (χ2v) is 9.55. The van der Waals surface area contributed by atoms with Crippen molar-refractivity contribution in [3.8, 4) is 11.5 Å². The number of hydrogen-bond acceptors (Lipinski definition) is 11. The Hall–Kier alpha value is -4.91. The highest BCUT2D eigenvalue weighted by molar-refractivity contribution is 7.07. The molecule has 0 radical (unpaired) electrons. The number of allylic oxidation sites excluding steroid dienone is 1. The maximum atomic E-state index is 13.8. The number of carbonyl (C=O) groups excluding carboxylic acids is 3. The smallest absolute Gasteiger partial charge is 0.338 e. The number of rotatable bonds is 7. The van der Waals surface area contributed by atoms with E-state index in [2.05, 4.69) is 4.99 Å². The minimum absolute atomic E-state index is 0.0516. The summed E-state index contributed by atoms with van der Waals surface area (Å²) in [5.74, 6) is -1.70. The molecular weight excluding hydrogens is 542 g/mol. The predicted octanol–water partition coefficient (Wildman–Crippen LogP) is 2.56. The van der Waals surface area contributed by atoms with Gasteiger partial charge in [0, 0.05) is 37.6 Å². The molecule has 4 rings (SSSR count). The molecule has 12 nitrogen and oxygen atoms in total. The fourth-order valence-corrected chi connectivity index (χ4v) is 5.20. The summed E-state index contributed by atoms with van der Waals surface area (Å²) in [6.07, 6.45) is 1.48. The van der Waals surface area contributed by atoms with E-state index in [1.807, 2.05) is 0 Å². The van der Waals surface area contributed by atoms with Gasteiger partial charge in [0.15, 0.2) is 4.80 Å². The van der Waals surface area contributed by atoms with E-state index in [1.54, 1.807) is 19.9 Å². The highest BCUT2D eigenvalue weighted by Gasteiger charge is 2.34. The summed E-state index contributed by atoms with van der Waals surface area (Å²) in [4.78, 5) is 65.5. The zero-order chi connectivity index (χ0) is 29.1. The molecule has 0 bridgehead atoms. The average Bonchev–Trinajstić information content (AvgIpc) is 3.18. The van der Waals surface area contributed by atoms with Gasteiger partial charge in [-0.2, -0.15) is 0 Å². The van der Waals surface area contributed by atoms with E-state index in [9.17, 15) is 29.3 Å². The van der Waals surface area contributed by atoms with Crippen LogP contribution >= 0.6 is 11.3 Å². The summed E-state index contributed by atoms with van der Waals surface area (Å²) in [5.41, 5.74) is 0.292. The molecule has 1 atom stereocenters. The summed E-state index contributed by atoms with van der Waals surface area (Å²) in [6.45, 7) is 5.74. The van der Waals surface area contributed by atoms with E-state index in [0.29, 0.717) is 16.8 Å². The zero-order valence-corrected chi connectivity index (χ0v) is 22.6. The van der Waals surface area contributed by atoms with Gasteiger partial charge in [-0.15, -0.1) is 0 Å². The lowest BCUT2D eigenvalue weighted by molar-refractivity contribution is -0.384. The highest BCUT2D eigenvalue weighted by Crippen LogP contribution is 2.32. The number of hydrogen-bond donors (Lipinski definition) is 0. The molecule has 3 aromatic rings. The number of fused-ring (bicyclic) bond motifs is 1. The monoisotopic (exact) mass is 565 g/mol. The second kappa shape index (κ2) is 11.5. The van der Waals surface area contributed by atoms with E-state index in [1.165, 1.54) is 60.9 Å². The number of non-ortho nitro benzene ring substituents is 1. The largest absolute Gasteiger partial charge is 0.463 e. The molecule has 0 fully saturated rings. The molecule has 1 aliphatic heterocycles. The van der Waals surface area contributed by atoms with Crippen molar-refractivity contribution in [2.45, 2.75) is 33.7 Å². The zero-order valence-electron chi connectivity index (χ0n) is 21.8. The van der Waals surface area contributed by atoms with Gasteiger partial charge in [-0.05, 0) is 37.6 Å². The van der Waals surface area contributed by atoms with E-state index in [-0.39, 0.29) is 38.7 Å². The van der Waals surface area contributed by atoms with Crippen LogP contribution in [-0.4, -0.2) is 34.0 Å². The summed E-state index contributed by atoms with van der Waals surface area (Å²) in [5, 5.41) is 11.5. The lowest BCUT2D eigenvalue weighted by Gasteiger charge is -2.24. The molecule has 206 valence electrons. The number of benzene rings is 2. The van der Waals surface area contributed by atoms with Crippen molar-refractivity contribution in [1.82, 2.24) is 4.57 Å². The quantitative estimate of drug-likeness (QED) is 0.182. The Balaban J connectivity index is 1.95. The van der Waals surface area contributed by atoms with E-state index >= 15 is 0 Å². The molecule has 0 saturated carbocycles. The molecule has 13 heteroatoms. The van der Waals surface area contributed by atoms with Crippen molar-refractivity contribution in [3.63, 3.8) is 0 Å². The van der Waals surface area contributed by atoms with Crippen molar-refractivity contribution in [1.29, 1.82) is 0 Å². The van der Waals surface area contributed by atoms with Crippen molar-refractivity contribution in [2.24, 2.45) is 4.99 Å². The molecule has 0 unspecified atom stereocenters. The highest BCUT2D eigenvalue weighted by atomic mass is 32.1. The number of nitro groups is 1. The third-order valence-electron chi connectivity index (χ3n) is 5.70. The molecule has 1 aliphatic rings. The summed E-state index contributed by atoms with van der Waals surface area (Å²) >= 11 is 1.02. The van der Waals surface area contributed by atoms with Gasteiger partial charge < -0.3 is 14.2 Å². The summed E-state index contributed by atoms with van der Waals surface area (Å²) in [6, 6.07) is 8.96. The Morgan fingerprint density at radius 3 is 2.50 bits per heavy atom. The topological polar surface area (TPSA) is 156 Å². The Labute approximate surface area is 230 Å². The fraction of sp³-hybridized carbons (Fsp3) is 0.222. The van der Waals surface area contributed by atoms with Crippen molar-refractivity contribution in [3.05, 3.63) is 94.7 Å². The number of esters is 3. The molecule has 1 aromatic heterocycles. The lowest BCUT2D eigenvalue weighted by atomic mass is 9.95. The minimum atomic E-state index is -1.04. The Morgan fingerprint density at radius 1 is 1.12 bits per heavy atom. The molecular formula is C27H23N3O9S. The predicted molar refractivity (Wildman–Crippen MR) is 143 cm³/mol. The average molecular weight is 566 g/mol. The van der Waals surface area contributed by atoms with E-state index in [4.69, 9.17) is 14.2 Å². The minimum Gasteiger partial charge on any atom is -0.463 e. The van der Waals surface area contributed by atoms with Gasteiger partial charge in [-0.1, -0.05) is 23.5 Å². The first-order chi connectivity index (χ1) is 19.0. The van der Waals surface area contributed by atoms with Gasteiger partial charge in [0.2, 0.25) is 0 Å². The van der Waals surface area contributed by atoms with Gasteiger partial charge in [0.1, 0.15) is 11.5 Å². The molecule has 0 saturated heterocycles. The maximum Gasteiger partial charge on any atom is 0.338 e. The van der Waals surface area contributed by atoms with Crippen molar-refractivity contribution >= 4 is 41.0 Å². The van der Waals surface area contributed by atoms with Crippen LogP contribution in [0, 0.1) is 10.1 Å². The normalized spacial score (nSPS) is 14.7. The fourth-order valence-electron chi connectivity index (χ4n) is 4.16. The van der Waals surface area contributed by atoms with Gasteiger partial charge >= 0.3 is 17.9 Å². The van der Waals surface area contributed by atoms with Gasteiger partial charge in [-0.3, -0.25) is 29.1 Å². The molecule has 2 heterocycles. The van der Waals surface area contributed by atoms with Crippen LogP contribution in [0.5, 0.6) is 11.5 Å². The number of nitro benzene ring substituents is 1. The molecule has 40 heavy (non-hydrogen) atoms. The first kappa shape index (κ1) is 28.1. The SMILES string of the molecule is CCOC(=O)C1=C(C)N=c2s/c(=C\c3ccc(OC(C)=O)cc3OC(C)=O)c(=O)n2[C@H]1c1cccc([N+](=O)[O-])c1. The summed E-state index contributed by atoms with van der Waals surface area (Å²) in [7, 11) is 0. The van der Waals surface area contributed by atoms with Crippen LogP contribution in [0.15, 0.2) is 63.5 Å². The Morgan fingerprint density at radius 2 is 1.85 bits per heavy atom. The van der Waals surface area contributed by atoms with Crippen LogP contribution in [-0.2, 0) is 19.1 Å². The lowest BCUT2D eigenvalue weighted by Crippen LogP contribution is -2.40. The van der Waals surface area contributed by atoms with Crippen molar-refractivity contribution < 1.29 is 33.5 Å². The van der Waals surface area contributed by atoms with E-state index in [0.717, 1.165) is 11.3 Å². The van der Waals surface area contributed by atoms with Crippen LogP contribution in [0.1, 0.15) is 44.9 Å². The molecule has 0 N–H and O–H groups in total. The van der Waals surface area contributed by atoms with Crippen LogP contribution in [0.25, 0.3) is 6.08 Å². The molecule has 0 amide bonds. The first-order valence-electron chi connectivity index (χ1n) is 11.9. The second-order valence-electron chi connectivity index (χ2n) is 8.54. The maximum absolute atomic E-state index is 13.8. The van der Waals surface area contributed by atoms with Crippen LogP contribution in [0.4, 0.5) is 5.69 Å². The van der Waals surface area contributed by atoms with Crippen LogP contribution in [0.2, 0.25) is 0 Å². The third kappa shape index (κ3) is 5.73. The number of ether oxygens (including phenoxy) is 3. The van der Waals surface area contributed by atoms with Gasteiger partial charge in [0.25, 0.3) is 11.2 Å². The summed E-state index contributed by atoms with van der Waals surface area (Å²) < 4.78 is 17.0. The number of thiazole rings is 1. The Bertz CT molecular complexity index is 1770. The van der Waals surface area contributed by atoms with Crippen molar-refractivity contribution in [2.75, 3.05) is 6.61 Å². The number of aromatic nitrogens is 1. The third-order valence-corrected chi connectivity index (χ3v) is 6.68. The van der Waals surface area contributed by atoms with Crippen LogP contribution < -0.4 is 24.4 Å². The first-order valence-corrected chi connectivity index (χ1v) is 12.8. The molecule has 2 aromatic carbocycles. The van der Waals surface area contributed by atoms with E-state index < -0.39 is 34.4 Å². The standard InChI is InChI=1S/C27H23N3O9S/c1-5-37-26(34)23-14(2)28-27-29(24(23)18-7-6-8-19(11-18)30(35)36)25(33)22(40-27)12-17-9-10-20(38-15(3)31)13-21(17)39-16(4)32/h6-13,24H,5H2,1-4H3/b22-12-/t24-/m0/s1. The van der Waals surface area contributed by atoms with Crippen LogP contribution in [0.3, 0.4) is 0 Å².